The molecule has 0 N–H and O–H groups in total. The molecule has 27 heavy (non-hydrogen) atoms. The second kappa shape index (κ2) is 7.11. The molecule has 4 rings (SSSR count). The Hall–Kier alpha value is -2.74. The van der Waals surface area contributed by atoms with Crippen LogP contribution in [-0.2, 0) is 17.9 Å². The van der Waals surface area contributed by atoms with Gasteiger partial charge in [0.25, 0.3) is 0 Å². The largest absolute Gasteiger partial charge is 0.445 e. The van der Waals surface area contributed by atoms with E-state index in [9.17, 15) is 4.79 Å². The lowest BCUT2D eigenvalue weighted by Gasteiger charge is -2.32. The first-order valence-corrected chi connectivity index (χ1v) is 9.71. The third-order valence-corrected chi connectivity index (χ3v) is 5.91. The minimum atomic E-state index is -0.330. The van der Waals surface area contributed by atoms with Crippen molar-refractivity contribution in [3.63, 3.8) is 0 Å². The van der Waals surface area contributed by atoms with Crippen molar-refractivity contribution in [2.75, 3.05) is 6.54 Å². The Bertz CT molecular complexity index is 946. The number of aryl methyl sites for hydroxylation is 2. The summed E-state index contributed by atoms with van der Waals surface area (Å²) in [6.07, 6.45) is -0.330. The Morgan fingerprint density at radius 2 is 2.00 bits per heavy atom. The third-order valence-electron chi connectivity index (χ3n) is 4.84. The lowest BCUT2D eigenvalue weighted by molar-refractivity contribution is 0.0728. The van der Waals surface area contributed by atoms with E-state index in [1.807, 2.05) is 44.2 Å². The highest BCUT2D eigenvalue weighted by molar-refractivity contribution is 7.15. The van der Waals surface area contributed by atoms with Crippen molar-refractivity contribution in [1.29, 1.82) is 0 Å². The monoisotopic (exact) mass is 383 g/mol. The van der Waals surface area contributed by atoms with Crippen molar-refractivity contribution in [2.45, 2.75) is 40.0 Å². The highest BCUT2D eigenvalue weighted by Gasteiger charge is 2.33. The maximum absolute atomic E-state index is 12.6. The quantitative estimate of drug-likeness (QED) is 0.689. The van der Waals surface area contributed by atoms with Crippen molar-refractivity contribution in [3.05, 3.63) is 52.3 Å². The molecule has 0 unspecified atom stereocenters. The lowest BCUT2D eigenvalue weighted by Crippen LogP contribution is -2.41. The van der Waals surface area contributed by atoms with Gasteiger partial charge in [0.05, 0.1) is 11.7 Å². The van der Waals surface area contributed by atoms with Crippen molar-refractivity contribution < 1.29 is 9.53 Å². The predicted octanol–water partition coefficient (Wildman–Crippen LogP) is 3.73. The first kappa shape index (κ1) is 17.7. The van der Waals surface area contributed by atoms with E-state index in [0.717, 1.165) is 27.9 Å². The summed E-state index contributed by atoms with van der Waals surface area (Å²) >= 11 is 1.62. The van der Waals surface area contributed by atoms with Gasteiger partial charge < -0.3 is 9.30 Å². The summed E-state index contributed by atoms with van der Waals surface area (Å²) in [4.78, 5) is 20.0. The first-order valence-electron chi connectivity index (χ1n) is 8.89. The number of nitrogens with zero attached hydrogens (tertiary/aromatic N) is 5. The average Bonchev–Trinajstić information content (AvgIpc) is 3.25. The molecule has 3 heterocycles. The van der Waals surface area contributed by atoms with Crippen LogP contribution in [0.5, 0.6) is 0 Å². The number of thiazole rings is 1. The molecule has 1 amide bonds. The number of carbonyl (C=O) groups is 1. The number of benzene rings is 1. The summed E-state index contributed by atoms with van der Waals surface area (Å²) in [5, 5.41) is 9.55. The maximum Gasteiger partial charge on any atom is 0.410 e. The van der Waals surface area contributed by atoms with Gasteiger partial charge in [-0.05, 0) is 26.3 Å². The fraction of sp³-hybridized carbons (Fsp3) is 0.368. The smallest absolute Gasteiger partial charge is 0.410 e. The molecular weight excluding hydrogens is 362 g/mol. The molecular formula is C19H21N5O2S. The zero-order valence-corrected chi connectivity index (χ0v) is 16.4. The van der Waals surface area contributed by atoms with Gasteiger partial charge in [-0.25, -0.2) is 9.78 Å². The van der Waals surface area contributed by atoms with E-state index in [-0.39, 0.29) is 18.7 Å². The summed E-state index contributed by atoms with van der Waals surface area (Å²) in [5.41, 5.74) is 1.98. The molecule has 7 nitrogen and oxygen atoms in total. The zero-order chi connectivity index (χ0) is 19.0. The molecule has 2 aromatic heterocycles. The SMILES string of the molecule is Cc1nc(-c2nnc3n2CCN(C(=O)OCc2ccccc2)[C@@H]3C)sc1C. The molecule has 0 radical (unpaired) electrons. The number of fused-ring (bicyclic) bond motifs is 1. The van der Waals surface area contributed by atoms with Crippen LogP contribution in [0.2, 0.25) is 0 Å². The number of hydrogen-bond acceptors (Lipinski definition) is 6. The normalized spacial score (nSPS) is 16.3. The summed E-state index contributed by atoms with van der Waals surface area (Å²) in [6.45, 7) is 7.44. The molecule has 140 valence electrons. The second-order valence-electron chi connectivity index (χ2n) is 6.60. The number of amides is 1. The molecule has 8 heteroatoms. The molecule has 1 aromatic carbocycles. The molecule has 0 fully saturated rings. The zero-order valence-electron chi connectivity index (χ0n) is 15.5. The molecule has 3 aromatic rings. The number of hydrogen-bond donors (Lipinski definition) is 0. The molecule has 1 atom stereocenters. The topological polar surface area (TPSA) is 73.1 Å². The highest BCUT2D eigenvalue weighted by Crippen LogP contribution is 2.31. The summed E-state index contributed by atoms with van der Waals surface area (Å²) in [6, 6.07) is 9.47. The highest BCUT2D eigenvalue weighted by atomic mass is 32.1. The Morgan fingerprint density at radius 1 is 1.22 bits per heavy atom. The van der Waals surface area contributed by atoms with E-state index in [0.29, 0.717) is 13.1 Å². The Balaban J connectivity index is 1.50. The Kier molecular flexibility index (Phi) is 4.65. The Labute approximate surface area is 161 Å². The van der Waals surface area contributed by atoms with Gasteiger partial charge in [-0.3, -0.25) is 4.90 Å². The third kappa shape index (κ3) is 3.32. The summed E-state index contributed by atoms with van der Waals surface area (Å²) < 4.78 is 7.54. The number of carbonyl (C=O) groups excluding carboxylic acids is 1. The number of aromatic nitrogens is 4. The standard InChI is InChI=1S/C19H21N5O2S/c1-12-14(3)27-18(20-12)17-22-21-16-13(2)23(9-10-24(16)17)19(25)26-11-15-7-5-4-6-8-15/h4-8,13H,9-11H2,1-3H3/t13-/m1/s1. The lowest BCUT2D eigenvalue weighted by atomic mass is 10.2. The molecule has 1 aliphatic rings. The van der Waals surface area contributed by atoms with Gasteiger partial charge in [0.15, 0.2) is 16.7 Å². The average molecular weight is 383 g/mol. The van der Waals surface area contributed by atoms with Gasteiger partial charge in [-0.2, -0.15) is 0 Å². The van der Waals surface area contributed by atoms with Crippen LogP contribution in [-0.4, -0.2) is 37.3 Å². The predicted molar refractivity (Wildman–Crippen MR) is 102 cm³/mol. The fourth-order valence-corrected chi connectivity index (χ4v) is 4.07. The molecule has 0 spiro atoms. The van der Waals surface area contributed by atoms with Gasteiger partial charge in [-0.1, -0.05) is 30.3 Å². The van der Waals surface area contributed by atoms with Crippen LogP contribution < -0.4 is 0 Å². The van der Waals surface area contributed by atoms with Gasteiger partial charge in [0.2, 0.25) is 0 Å². The van der Waals surface area contributed by atoms with Gasteiger partial charge >= 0.3 is 6.09 Å². The molecule has 0 saturated heterocycles. The van der Waals surface area contributed by atoms with Crippen LogP contribution in [0, 0.1) is 13.8 Å². The number of ether oxygens (including phenoxy) is 1. The van der Waals surface area contributed by atoms with Crippen molar-refractivity contribution in [2.24, 2.45) is 0 Å². The minimum absolute atomic E-state index is 0.203. The van der Waals surface area contributed by atoms with Crippen LogP contribution >= 0.6 is 11.3 Å². The minimum Gasteiger partial charge on any atom is -0.445 e. The molecule has 0 saturated carbocycles. The second-order valence-corrected chi connectivity index (χ2v) is 7.81. The van der Waals surface area contributed by atoms with Crippen LogP contribution in [0.1, 0.15) is 34.9 Å². The van der Waals surface area contributed by atoms with Crippen LogP contribution in [0.3, 0.4) is 0 Å². The van der Waals surface area contributed by atoms with Crippen LogP contribution in [0.15, 0.2) is 30.3 Å². The van der Waals surface area contributed by atoms with E-state index >= 15 is 0 Å². The van der Waals surface area contributed by atoms with E-state index in [1.54, 1.807) is 16.2 Å². The number of rotatable bonds is 3. The van der Waals surface area contributed by atoms with E-state index in [4.69, 9.17) is 4.74 Å². The van der Waals surface area contributed by atoms with Crippen LogP contribution in [0.4, 0.5) is 4.79 Å². The summed E-state index contributed by atoms with van der Waals surface area (Å²) in [7, 11) is 0. The molecule has 0 aliphatic carbocycles. The van der Waals surface area contributed by atoms with Crippen LogP contribution in [0.25, 0.3) is 10.8 Å². The molecule has 1 aliphatic heterocycles. The fourth-order valence-electron chi connectivity index (χ4n) is 3.16. The van der Waals surface area contributed by atoms with E-state index in [1.165, 1.54) is 4.88 Å². The van der Waals surface area contributed by atoms with E-state index < -0.39 is 0 Å². The van der Waals surface area contributed by atoms with Crippen molar-refractivity contribution in [3.8, 4) is 10.8 Å². The van der Waals surface area contributed by atoms with Crippen molar-refractivity contribution >= 4 is 17.4 Å². The van der Waals surface area contributed by atoms with Gasteiger partial charge in [-0.15, -0.1) is 21.5 Å². The van der Waals surface area contributed by atoms with E-state index in [2.05, 4.69) is 26.7 Å². The Morgan fingerprint density at radius 3 is 2.70 bits per heavy atom. The molecule has 0 bridgehead atoms. The van der Waals surface area contributed by atoms with Gasteiger partial charge in [0.1, 0.15) is 6.61 Å². The summed E-state index contributed by atoms with van der Waals surface area (Å²) in [5.74, 6) is 1.54. The first-order chi connectivity index (χ1) is 13.0. The van der Waals surface area contributed by atoms with Crippen molar-refractivity contribution in [1.82, 2.24) is 24.6 Å². The maximum atomic E-state index is 12.6. The van der Waals surface area contributed by atoms with Gasteiger partial charge in [0, 0.05) is 18.0 Å².